The monoisotopic (exact) mass is 364 g/mol. The summed E-state index contributed by atoms with van der Waals surface area (Å²) in [5.74, 6) is 1.28. The van der Waals surface area contributed by atoms with Gasteiger partial charge in [-0.2, -0.15) is 5.10 Å². The molecule has 0 aliphatic rings. The summed E-state index contributed by atoms with van der Waals surface area (Å²) in [5.41, 5.74) is 0.931. The van der Waals surface area contributed by atoms with Gasteiger partial charge in [0, 0.05) is 10.9 Å². The number of aromatic nitrogens is 3. The molecule has 0 aliphatic carbocycles. The summed E-state index contributed by atoms with van der Waals surface area (Å²) in [4.78, 5) is 30.9. The van der Waals surface area contributed by atoms with E-state index in [-0.39, 0.29) is 5.52 Å². The lowest BCUT2D eigenvalue weighted by molar-refractivity contribution is 0.414. The van der Waals surface area contributed by atoms with E-state index in [2.05, 4.69) is 15.1 Å². The molecule has 0 amide bonds. The largest absolute Gasteiger partial charge is 0.497 e. The molecule has 0 atom stereocenters. The van der Waals surface area contributed by atoms with Crippen molar-refractivity contribution >= 4 is 28.2 Å². The molecule has 4 aromatic rings. The molecule has 2 heterocycles. The topological polar surface area (TPSA) is 101 Å². The normalized spacial score (nSPS) is 11.5. The van der Waals surface area contributed by atoms with E-state index in [9.17, 15) is 9.59 Å². The van der Waals surface area contributed by atoms with Gasteiger partial charge in [0.1, 0.15) is 17.0 Å². The number of fused-ring (bicyclic) bond motifs is 3. The molecule has 2 aromatic heterocycles. The molecule has 136 valence electrons. The van der Waals surface area contributed by atoms with Crippen LogP contribution in [0.3, 0.4) is 0 Å². The van der Waals surface area contributed by atoms with Crippen LogP contribution in [0.5, 0.6) is 11.5 Å². The summed E-state index contributed by atoms with van der Waals surface area (Å²) in [6, 6.07) is 12.4. The summed E-state index contributed by atoms with van der Waals surface area (Å²) in [6.45, 7) is 0. The zero-order valence-corrected chi connectivity index (χ0v) is 14.6. The minimum Gasteiger partial charge on any atom is -0.497 e. The standard InChI is InChI=1S/C19H16N4O4/c1-26-12-5-3-4-11(8-12)10-20-23-18(24)17-16(22-19(23)25)14-9-13(27-2)6-7-15(14)21-17/h3-10,21H,1-2H3,(H,22,25). The predicted octanol–water partition coefficient (Wildman–Crippen LogP) is 2.07. The Labute approximate surface area is 152 Å². The first-order valence-corrected chi connectivity index (χ1v) is 8.14. The van der Waals surface area contributed by atoms with Crippen LogP contribution in [0.25, 0.3) is 21.9 Å². The Bertz CT molecular complexity index is 1300. The Balaban J connectivity index is 1.86. The van der Waals surface area contributed by atoms with E-state index < -0.39 is 11.2 Å². The first-order valence-electron chi connectivity index (χ1n) is 8.14. The van der Waals surface area contributed by atoms with Crippen molar-refractivity contribution in [2.24, 2.45) is 5.10 Å². The second-order valence-electron chi connectivity index (χ2n) is 5.85. The Morgan fingerprint density at radius 3 is 2.52 bits per heavy atom. The minimum atomic E-state index is -0.629. The fourth-order valence-electron chi connectivity index (χ4n) is 2.90. The summed E-state index contributed by atoms with van der Waals surface area (Å²) < 4.78 is 11.1. The van der Waals surface area contributed by atoms with Crippen LogP contribution < -0.4 is 20.7 Å². The number of benzene rings is 2. The summed E-state index contributed by atoms with van der Waals surface area (Å²) in [7, 11) is 3.11. The van der Waals surface area contributed by atoms with Crippen LogP contribution in [-0.2, 0) is 0 Å². The van der Waals surface area contributed by atoms with E-state index in [0.29, 0.717) is 33.5 Å². The average molecular weight is 364 g/mol. The lowest BCUT2D eigenvalue weighted by Crippen LogP contribution is -2.32. The number of aromatic amines is 2. The molecule has 2 aromatic carbocycles. The molecular formula is C19H16N4O4. The number of hydrogen-bond donors (Lipinski definition) is 2. The zero-order chi connectivity index (χ0) is 19.0. The second kappa shape index (κ2) is 6.49. The van der Waals surface area contributed by atoms with Crippen molar-refractivity contribution in [2.45, 2.75) is 0 Å². The fraction of sp³-hybridized carbons (Fsp3) is 0.105. The molecule has 0 spiro atoms. The van der Waals surface area contributed by atoms with E-state index >= 15 is 0 Å². The Hall–Kier alpha value is -3.81. The van der Waals surface area contributed by atoms with Gasteiger partial charge in [0.25, 0.3) is 0 Å². The number of methoxy groups -OCH3 is 2. The molecular weight excluding hydrogens is 348 g/mol. The average Bonchev–Trinajstić information content (AvgIpc) is 3.06. The van der Waals surface area contributed by atoms with Gasteiger partial charge in [-0.3, -0.25) is 4.79 Å². The van der Waals surface area contributed by atoms with Crippen molar-refractivity contribution in [2.75, 3.05) is 14.2 Å². The predicted molar refractivity (Wildman–Crippen MR) is 103 cm³/mol. The number of nitrogens with one attached hydrogen (secondary N) is 2. The maximum absolute atomic E-state index is 12.8. The molecule has 0 bridgehead atoms. The van der Waals surface area contributed by atoms with Gasteiger partial charge in [0.2, 0.25) is 0 Å². The van der Waals surface area contributed by atoms with Crippen molar-refractivity contribution in [3.8, 4) is 11.5 Å². The van der Waals surface area contributed by atoms with Crippen molar-refractivity contribution < 1.29 is 9.47 Å². The number of rotatable bonds is 4. The van der Waals surface area contributed by atoms with Crippen LogP contribution in [0.15, 0.2) is 57.2 Å². The molecule has 0 radical (unpaired) electrons. The molecule has 0 unspecified atom stereocenters. The van der Waals surface area contributed by atoms with Crippen LogP contribution in [-0.4, -0.2) is 35.1 Å². The van der Waals surface area contributed by atoms with Gasteiger partial charge >= 0.3 is 11.2 Å². The van der Waals surface area contributed by atoms with E-state index in [1.54, 1.807) is 56.7 Å². The van der Waals surface area contributed by atoms with Crippen molar-refractivity contribution in [3.05, 3.63) is 68.9 Å². The first kappa shape index (κ1) is 16.6. The van der Waals surface area contributed by atoms with Crippen LogP contribution >= 0.6 is 0 Å². The first-order chi connectivity index (χ1) is 13.1. The van der Waals surface area contributed by atoms with Crippen LogP contribution in [0, 0.1) is 0 Å². The molecule has 0 saturated heterocycles. The maximum atomic E-state index is 12.8. The third-order valence-electron chi connectivity index (χ3n) is 4.25. The second-order valence-corrected chi connectivity index (χ2v) is 5.85. The van der Waals surface area contributed by atoms with Gasteiger partial charge in [-0.1, -0.05) is 12.1 Å². The third-order valence-corrected chi connectivity index (χ3v) is 4.25. The van der Waals surface area contributed by atoms with Crippen LogP contribution in [0.1, 0.15) is 5.56 Å². The molecule has 8 nitrogen and oxygen atoms in total. The number of H-pyrrole nitrogens is 2. The van der Waals surface area contributed by atoms with E-state index in [1.807, 2.05) is 0 Å². The number of nitrogens with zero attached hydrogens (tertiary/aromatic N) is 2. The quantitative estimate of drug-likeness (QED) is 0.541. The highest BCUT2D eigenvalue weighted by Gasteiger charge is 2.13. The zero-order valence-electron chi connectivity index (χ0n) is 14.6. The molecule has 2 N–H and O–H groups in total. The van der Waals surface area contributed by atoms with E-state index in [1.165, 1.54) is 6.21 Å². The third kappa shape index (κ3) is 2.86. The van der Waals surface area contributed by atoms with Gasteiger partial charge < -0.3 is 19.4 Å². The molecule has 0 aliphatic heterocycles. The summed E-state index contributed by atoms with van der Waals surface area (Å²) >= 11 is 0. The van der Waals surface area contributed by atoms with Crippen molar-refractivity contribution in [3.63, 3.8) is 0 Å². The van der Waals surface area contributed by atoms with Gasteiger partial charge in [-0.25, -0.2) is 4.79 Å². The maximum Gasteiger partial charge on any atom is 0.350 e. The van der Waals surface area contributed by atoms with Crippen LogP contribution in [0.4, 0.5) is 0 Å². The van der Waals surface area contributed by atoms with E-state index in [4.69, 9.17) is 9.47 Å². The Kier molecular flexibility index (Phi) is 4.00. The van der Waals surface area contributed by atoms with Gasteiger partial charge in [0.05, 0.1) is 26.0 Å². The van der Waals surface area contributed by atoms with Gasteiger partial charge in [-0.15, -0.1) is 4.68 Å². The molecule has 0 fully saturated rings. The van der Waals surface area contributed by atoms with Gasteiger partial charge in [-0.05, 0) is 35.9 Å². The number of ether oxygens (including phenoxy) is 2. The van der Waals surface area contributed by atoms with Crippen molar-refractivity contribution in [1.29, 1.82) is 0 Å². The molecule has 8 heteroatoms. The Morgan fingerprint density at radius 2 is 1.74 bits per heavy atom. The summed E-state index contributed by atoms with van der Waals surface area (Å²) in [6.07, 6.45) is 1.43. The SMILES string of the molecule is COc1cccc(C=Nn2c(=O)[nH]c3c([nH]c4ccc(OC)cc43)c2=O)c1. The number of hydrogen-bond acceptors (Lipinski definition) is 5. The lowest BCUT2D eigenvalue weighted by atomic mass is 10.2. The molecule has 27 heavy (non-hydrogen) atoms. The molecule has 0 saturated carbocycles. The van der Waals surface area contributed by atoms with E-state index in [0.717, 1.165) is 4.68 Å². The smallest absolute Gasteiger partial charge is 0.350 e. The van der Waals surface area contributed by atoms with Gasteiger partial charge in [0.15, 0.2) is 0 Å². The fourth-order valence-corrected chi connectivity index (χ4v) is 2.90. The lowest BCUT2D eigenvalue weighted by Gasteiger charge is -2.01. The highest BCUT2D eigenvalue weighted by molar-refractivity contribution is 6.04. The van der Waals surface area contributed by atoms with Crippen LogP contribution in [0.2, 0.25) is 0 Å². The summed E-state index contributed by atoms with van der Waals surface area (Å²) in [5, 5.41) is 4.74. The highest BCUT2D eigenvalue weighted by Crippen LogP contribution is 2.25. The Morgan fingerprint density at radius 1 is 0.963 bits per heavy atom. The minimum absolute atomic E-state index is 0.264. The van der Waals surface area contributed by atoms with Crippen molar-refractivity contribution in [1.82, 2.24) is 14.6 Å². The molecule has 4 rings (SSSR count). The highest BCUT2D eigenvalue weighted by atomic mass is 16.5.